The lowest BCUT2D eigenvalue weighted by Gasteiger charge is -2.12. The van der Waals surface area contributed by atoms with E-state index >= 15 is 0 Å². The molecule has 0 radical (unpaired) electrons. The molecule has 3 heterocycles. The molecule has 0 bridgehead atoms. The van der Waals surface area contributed by atoms with Crippen LogP contribution in [0.5, 0.6) is 0 Å². The van der Waals surface area contributed by atoms with Gasteiger partial charge >= 0.3 is 0 Å². The Morgan fingerprint density at radius 1 is 1.27 bits per heavy atom. The van der Waals surface area contributed by atoms with Gasteiger partial charge < -0.3 is 19.4 Å². The summed E-state index contributed by atoms with van der Waals surface area (Å²) in [4.78, 5) is 12.8. The van der Waals surface area contributed by atoms with Gasteiger partial charge in [0.1, 0.15) is 11.4 Å². The van der Waals surface area contributed by atoms with Crippen LogP contribution in [0, 0.1) is 5.82 Å². The van der Waals surface area contributed by atoms with E-state index in [-0.39, 0.29) is 17.8 Å². The van der Waals surface area contributed by atoms with E-state index in [0.717, 1.165) is 19.4 Å². The molecule has 1 amide bonds. The molecular formula is C22H25FN4O3. The number of nitrogens with one attached hydrogen (secondary N) is 1. The van der Waals surface area contributed by atoms with E-state index in [1.165, 1.54) is 18.3 Å². The number of benzene rings is 1. The number of hydrogen-bond acceptors (Lipinski definition) is 4. The van der Waals surface area contributed by atoms with Crippen molar-refractivity contribution in [2.24, 2.45) is 0 Å². The van der Waals surface area contributed by atoms with Crippen molar-refractivity contribution >= 4 is 5.91 Å². The average molecular weight is 412 g/mol. The summed E-state index contributed by atoms with van der Waals surface area (Å²) in [6.07, 6.45) is 8.28. The van der Waals surface area contributed by atoms with Crippen LogP contribution in [0.1, 0.15) is 29.6 Å². The molecule has 0 aliphatic carbocycles. The lowest BCUT2D eigenvalue weighted by Crippen LogP contribution is -2.26. The van der Waals surface area contributed by atoms with Crippen molar-refractivity contribution in [2.75, 3.05) is 26.4 Å². The van der Waals surface area contributed by atoms with Crippen molar-refractivity contribution in [3.05, 3.63) is 66.4 Å². The summed E-state index contributed by atoms with van der Waals surface area (Å²) in [6.45, 7) is 2.49. The second-order valence-corrected chi connectivity index (χ2v) is 7.18. The molecule has 1 unspecified atom stereocenters. The van der Waals surface area contributed by atoms with Gasteiger partial charge in [-0.2, -0.15) is 5.10 Å². The minimum absolute atomic E-state index is 0.209. The van der Waals surface area contributed by atoms with Gasteiger partial charge in [-0.1, -0.05) is 0 Å². The minimum atomic E-state index is -0.326. The van der Waals surface area contributed by atoms with Crippen molar-refractivity contribution in [2.45, 2.75) is 25.4 Å². The highest BCUT2D eigenvalue weighted by Crippen LogP contribution is 2.20. The van der Waals surface area contributed by atoms with Gasteiger partial charge in [0.25, 0.3) is 5.91 Å². The second-order valence-electron chi connectivity index (χ2n) is 7.18. The summed E-state index contributed by atoms with van der Waals surface area (Å²) in [5, 5.41) is 7.30. The van der Waals surface area contributed by atoms with E-state index in [2.05, 4.69) is 10.4 Å². The number of carbonyl (C=O) groups excluding carboxylic acids is 1. The largest absolute Gasteiger partial charge is 0.379 e. The van der Waals surface area contributed by atoms with E-state index in [0.29, 0.717) is 43.2 Å². The van der Waals surface area contributed by atoms with E-state index < -0.39 is 0 Å². The Kier molecular flexibility index (Phi) is 6.56. The number of hydrogen-bond donors (Lipinski definition) is 1. The number of ether oxygens (including phenoxy) is 2. The van der Waals surface area contributed by atoms with Crippen LogP contribution in [0.2, 0.25) is 0 Å². The molecule has 7 nitrogen and oxygen atoms in total. The van der Waals surface area contributed by atoms with Gasteiger partial charge in [-0.25, -0.2) is 9.07 Å². The SMILES string of the molecule is O=C(NCCCOCC1CCCO1)c1cnn(-c2ccc(F)cc2)c1-n1cccc1. The molecule has 1 saturated heterocycles. The van der Waals surface area contributed by atoms with Gasteiger partial charge in [-0.05, 0) is 55.7 Å². The van der Waals surface area contributed by atoms with Crippen LogP contribution in [0.15, 0.2) is 55.0 Å². The Balaban J connectivity index is 1.39. The summed E-state index contributed by atoms with van der Waals surface area (Å²) >= 11 is 0. The Morgan fingerprint density at radius 2 is 2.07 bits per heavy atom. The van der Waals surface area contributed by atoms with Crippen molar-refractivity contribution in [3.63, 3.8) is 0 Å². The van der Waals surface area contributed by atoms with Gasteiger partial charge in [0.2, 0.25) is 0 Å². The van der Waals surface area contributed by atoms with Crippen molar-refractivity contribution in [1.29, 1.82) is 0 Å². The first-order chi connectivity index (χ1) is 14.7. The van der Waals surface area contributed by atoms with Crippen LogP contribution in [0.4, 0.5) is 4.39 Å². The predicted octanol–water partition coefficient (Wildman–Crippen LogP) is 3.12. The maximum Gasteiger partial charge on any atom is 0.256 e. The first-order valence-electron chi connectivity index (χ1n) is 10.2. The number of carbonyl (C=O) groups is 1. The predicted molar refractivity (Wildman–Crippen MR) is 110 cm³/mol. The molecule has 1 fully saturated rings. The summed E-state index contributed by atoms with van der Waals surface area (Å²) in [7, 11) is 0. The molecule has 8 heteroatoms. The highest BCUT2D eigenvalue weighted by atomic mass is 19.1. The molecule has 0 spiro atoms. The molecule has 1 aliphatic rings. The van der Waals surface area contributed by atoms with Crippen LogP contribution >= 0.6 is 0 Å². The smallest absolute Gasteiger partial charge is 0.256 e. The first-order valence-corrected chi connectivity index (χ1v) is 10.2. The highest BCUT2D eigenvalue weighted by molar-refractivity contribution is 5.97. The fourth-order valence-corrected chi connectivity index (χ4v) is 3.46. The maximum atomic E-state index is 13.3. The third-order valence-electron chi connectivity index (χ3n) is 4.99. The third-order valence-corrected chi connectivity index (χ3v) is 4.99. The van der Waals surface area contributed by atoms with Crippen molar-refractivity contribution in [1.82, 2.24) is 19.7 Å². The van der Waals surface area contributed by atoms with E-state index in [4.69, 9.17) is 9.47 Å². The topological polar surface area (TPSA) is 70.3 Å². The van der Waals surface area contributed by atoms with Crippen molar-refractivity contribution < 1.29 is 18.7 Å². The molecular weight excluding hydrogens is 387 g/mol. The summed E-state index contributed by atoms with van der Waals surface area (Å²) in [6, 6.07) is 9.73. The van der Waals surface area contributed by atoms with E-state index in [1.807, 2.05) is 29.1 Å². The van der Waals surface area contributed by atoms with Crippen LogP contribution in [-0.2, 0) is 9.47 Å². The molecule has 158 valence electrons. The van der Waals surface area contributed by atoms with Crippen molar-refractivity contribution in [3.8, 4) is 11.5 Å². The number of amides is 1. The number of rotatable bonds is 9. The normalized spacial score (nSPS) is 16.1. The van der Waals surface area contributed by atoms with Crippen LogP contribution in [0.25, 0.3) is 11.5 Å². The van der Waals surface area contributed by atoms with E-state index in [1.54, 1.807) is 16.8 Å². The maximum absolute atomic E-state index is 13.3. The average Bonchev–Trinajstić information content (AvgIpc) is 3.52. The number of aromatic nitrogens is 3. The zero-order valence-electron chi connectivity index (χ0n) is 16.7. The Morgan fingerprint density at radius 3 is 2.80 bits per heavy atom. The molecule has 4 rings (SSSR count). The van der Waals surface area contributed by atoms with Gasteiger partial charge in [-0.15, -0.1) is 0 Å². The lowest BCUT2D eigenvalue weighted by atomic mass is 10.2. The number of halogens is 1. The molecule has 1 aromatic carbocycles. The monoisotopic (exact) mass is 412 g/mol. The first kappa shape index (κ1) is 20.3. The summed E-state index contributed by atoms with van der Waals surface area (Å²) in [5.74, 6) is 0.0537. The third kappa shape index (κ3) is 4.77. The molecule has 0 saturated carbocycles. The lowest BCUT2D eigenvalue weighted by molar-refractivity contribution is 0.0166. The summed E-state index contributed by atoms with van der Waals surface area (Å²) < 4.78 is 27.9. The Bertz CT molecular complexity index is 947. The van der Waals surface area contributed by atoms with Gasteiger partial charge in [0, 0.05) is 32.2 Å². The summed E-state index contributed by atoms with van der Waals surface area (Å²) in [5.41, 5.74) is 1.11. The number of nitrogens with zero attached hydrogens (tertiary/aromatic N) is 3. The van der Waals surface area contributed by atoms with Crippen LogP contribution in [0.3, 0.4) is 0 Å². The van der Waals surface area contributed by atoms with Crippen LogP contribution in [-0.4, -0.2) is 52.7 Å². The molecule has 1 aliphatic heterocycles. The molecule has 3 aromatic rings. The fraction of sp³-hybridized carbons (Fsp3) is 0.364. The van der Waals surface area contributed by atoms with E-state index in [9.17, 15) is 9.18 Å². The van der Waals surface area contributed by atoms with Gasteiger partial charge in [-0.3, -0.25) is 4.79 Å². The zero-order chi connectivity index (χ0) is 20.8. The Hall–Kier alpha value is -2.97. The van der Waals surface area contributed by atoms with Crippen LogP contribution < -0.4 is 5.32 Å². The Labute approximate surface area is 174 Å². The van der Waals surface area contributed by atoms with Gasteiger partial charge in [0.05, 0.1) is 24.6 Å². The standard InChI is InChI=1S/C22H25FN4O3/c23-17-6-8-18(9-7-17)27-22(26-11-1-2-12-26)20(15-25-27)21(28)24-10-4-13-29-16-19-5-3-14-30-19/h1-2,6-9,11-12,15,19H,3-5,10,13-14,16H2,(H,24,28). The van der Waals surface area contributed by atoms with Gasteiger partial charge in [0.15, 0.2) is 5.82 Å². The molecule has 30 heavy (non-hydrogen) atoms. The molecule has 2 aromatic heterocycles. The fourth-order valence-electron chi connectivity index (χ4n) is 3.46. The minimum Gasteiger partial charge on any atom is -0.379 e. The molecule has 1 N–H and O–H groups in total. The zero-order valence-corrected chi connectivity index (χ0v) is 16.7. The quantitative estimate of drug-likeness (QED) is 0.548. The molecule has 1 atom stereocenters. The highest BCUT2D eigenvalue weighted by Gasteiger charge is 2.20. The second kappa shape index (κ2) is 9.69.